The molecule has 4 nitrogen and oxygen atoms in total. The average molecular weight is 156 g/mol. The number of rotatable bonds is 2. The number of allylic oxidation sites excluding steroid dienone is 1. The number of hydrogen-bond donors (Lipinski definition) is 1. The Morgan fingerprint density at radius 3 is 3.09 bits per heavy atom. The first kappa shape index (κ1) is 7.78. The minimum absolute atomic E-state index is 0.0810. The van der Waals surface area contributed by atoms with Crippen LogP contribution >= 0.6 is 0 Å². The van der Waals surface area contributed by atoms with Gasteiger partial charge in [0.15, 0.2) is 5.78 Å². The van der Waals surface area contributed by atoms with Gasteiger partial charge in [0.2, 0.25) is 0 Å². The fourth-order valence-electron chi connectivity index (χ4n) is 0.882. The van der Waals surface area contributed by atoms with Crippen molar-refractivity contribution in [1.29, 1.82) is 0 Å². The molecule has 0 aromatic heterocycles. The van der Waals surface area contributed by atoms with Gasteiger partial charge in [0.05, 0.1) is 12.7 Å². The summed E-state index contributed by atoms with van der Waals surface area (Å²) in [6, 6.07) is 0. The quantitative estimate of drug-likeness (QED) is 0.625. The van der Waals surface area contributed by atoms with Crippen LogP contribution in [-0.2, 0) is 14.3 Å². The number of ether oxygens (including phenoxy) is 1. The minimum atomic E-state index is -0.946. The van der Waals surface area contributed by atoms with Gasteiger partial charge in [-0.1, -0.05) is 0 Å². The third-order valence-electron chi connectivity index (χ3n) is 1.36. The molecule has 0 spiro atoms. The molecular weight excluding hydrogens is 148 g/mol. The van der Waals surface area contributed by atoms with Gasteiger partial charge in [-0.05, 0) is 0 Å². The van der Waals surface area contributed by atoms with Crippen molar-refractivity contribution in [1.82, 2.24) is 0 Å². The van der Waals surface area contributed by atoms with E-state index in [4.69, 9.17) is 9.84 Å². The van der Waals surface area contributed by atoms with E-state index < -0.39 is 12.1 Å². The molecule has 0 aromatic rings. The smallest absolute Gasteiger partial charge is 0.307 e. The van der Waals surface area contributed by atoms with Crippen molar-refractivity contribution in [2.24, 2.45) is 0 Å². The second-order valence-electron chi connectivity index (χ2n) is 2.33. The molecule has 0 amide bonds. The standard InChI is InChI=1S/C7H8O4/c8-5-1-2-11-6(3-5)4-7(9)10/h1-2,6H,3-4H2,(H,9,10)/t6-/m0/s1. The molecule has 1 aliphatic rings. The number of aliphatic carboxylic acids is 1. The van der Waals surface area contributed by atoms with Crippen LogP contribution in [0.4, 0.5) is 0 Å². The van der Waals surface area contributed by atoms with Crippen molar-refractivity contribution in [3.05, 3.63) is 12.3 Å². The SMILES string of the molecule is O=C(O)C[C@@H]1CC(=O)C=CO1. The lowest BCUT2D eigenvalue weighted by Crippen LogP contribution is -2.21. The highest BCUT2D eigenvalue weighted by atomic mass is 16.5. The molecule has 0 aliphatic carbocycles. The fourth-order valence-corrected chi connectivity index (χ4v) is 0.882. The van der Waals surface area contributed by atoms with Gasteiger partial charge in [-0.15, -0.1) is 0 Å². The second kappa shape index (κ2) is 3.18. The van der Waals surface area contributed by atoms with E-state index in [1.165, 1.54) is 12.3 Å². The molecule has 1 rings (SSSR count). The summed E-state index contributed by atoms with van der Waals surface area (Å²) in [4.78, 5) is 20.9. The highest BCUT2D eigenvalue weighted by Gasteiger charge is 2.19. The molecule has 0 radical (unpaired) electrons. The predicted octanol–water partition coefficient (Wildman–Crippen LogP) is 0.333. The number of carboxylic acid groups (broad SMARTS) is 1. The van der Waals surface area contributed by atoms with Crippen LogP contribution in [0.3, 0.4) is 0 Å². The van der Waals surface area contributed by atoms with Crippen LogP contribution in [0.25, 0.3) is 0 Å². The molecule has 0 saturated heterocycles. The predicted molar refractivity (Wildman–Crippen MR) is 35.9 cm³/mol. The summed E-state index contributed by atoms with van der Waals surface area (Å²) in [6.45, 7) is 0. The molecule has 4 heteroatoms. The molecule has 11 heavy (non-hydrogen) atoms. The lowest BCUT2D eigenvalue weighted by atomic mass is 10.1. The first-order chi connectivity index (χ1) is 5.18. The van der Waals surface area contributed by atoms with Gasteiger partial charge in [0, 0.05) is 12.5 Å². The van der Waals surface area contributed by atoms with Gasteiger partial charge >= 0.3 is 5.97 Å². The van der Waals surface area contributed by atoms with Crippen molar-refractivity contribution in [2.75, 3.05) is 0 Å². The number of ketones is 1. The van der Waals surface area contributed by atoms with Gasteiger partial charge in [-0.3, -0.25) is 9.59 Å². The van der Waals surface area contributed by atoms with Crippen LogP contribution in [-0.4, -0.2) is 23.0 Å². The molecule has 1 aliphatic heterocycles. The van der Waals surface area contributed by atoms with Crippen molar-refractivity contribution >= 4 is 11.8 Å². The van der Waals surface area contributed by atoms with Gasteiger partial charge in [0.25, 0.3) is 0 Å². The van der Waals surface area contributed by atoms with E-state index in [-0.39, 0.29) is 18.6 Å². The highest BCUT2D eigenvalue weighted by molar-refractivity contribution is 5.90. The van der Waals surface area contributed by atoms with Crippen LogP contribution in [0.2, 0.25) is 0 Å². The Kier molecular flexibility index (Phi) is 2.25. The van der Waals surface area contributed by atoms with Crippen LogP contribution in [0.5, 0.6) is 0 Å². The lowest BCUT2D eigenvalue weighted by molar-refractivity contribution is -0.139. The van der Waals surface area contributed by atoms with E-state index in [2.05, 4.69) is 0 Å². The van der Waals surface area contributed by atoms with Gasteiger partial charge in [-0.25, -0.2) is 0 Å². The summed E-state index contributed by atoms with van der Waals surface area (Å²) >= 11 is 0. The Hall–Kier alpha value is -1.32. The minimum Gasteiger partial charge on any atom is -0.497 e. The monoisotopic (exact) mass is 156 g/mol. The normalized spacial score (nSPS) is 22.9. The first-order valence-corrected chi connectivity index (χ1v) is 3.25. The zero-order chi connectivity index (χ0) is 8.27. The number of carboxylic acids is 1. The average Bonchev–Trinajstić information content (AvgIpc) is 1.85. The molecule has 1 N–H and O–H groups in total. The molecule has 1 atom stereocenters. The Balaban J connectivity index is 2.43. The summed E-state index contributed by atoms with van der Waals surface area (Å²) in [6.07, 6.45) is 2.13. The van der Waals surface area contributed by atoms with Gasteiger partial charge < -0.3 is 9.84 Å². The maximum Gasteiger partial charge on any atom is 0.307 e. The summed E-state index contributed by atoms with van der Waals surface area (Å²) in [7, 11) is 0. The maximum absolute atomic E-state index is 10.7. The topological polar surface area (TPSA) is 63.6 Å². The molecule has 1 heterocycles. The molecule has 0 bridgehead atoms. The molecule has 60 valence electrons. The Bertz CT molecular complexity index is 206. The van der Waals surface area contributed by atoms with Crippen LogP contribution < -0.4 is 0 Å². The first-order valence-electron chi connectivity index (χ1n) is 3.25. The number of carbonyl (C=O) groups is 2. The molecule has 0 fully saturated rings. The van der Waals surface area contributed by atoms with Crippen LogP contribution in [0.1, 0.15) is 12.8 Å². The van der Waals surface area contributed by atoms with Crippen molar-refractivity contribution < 1.29 is 19.4 Å². The van der Waals surface area contributed by atoms with Crippen LogP contribution in [0.15, 0.2) is 12.3 Å². The zero-order valence-corrected chi connectivity index (χ0v) is 5.82. The molecule has 0 saturated carbocycles. The number of hydrogen-bond acceptors (Lipinski definition) is 3. The molecule has 0 aromatic carbocycles. The van der Waals surface area contributed by atoms with Crippen molar-refractivity contribution in [3.63, 3.8) is 0 Å². The van der Waals surface area contributed by atoms with E-state index in [0.29, 0.717) is 0 Å². The summed E-state index contributed by atoms with van der Waals surface area (Å²) in [5, 5.41) is 8.34. The van der Waals surface area contributed by atoms with E-state index in [1.807, 2.05) is 0 Å². The third-order valence-corrected chi connectivity index (χ3v) is 1.36. The molecule has 0 unspecified atom stereocenters. The summed E-state index contributed by atoms with van der Waals surface area (Å²) in [5.74, 6) is -1.03. The van der Waals surface area contributed by atoms with Crippen LogP contribution in [0, 0.1) is 0 Å². The van der Waals surface area contributed by atoms with E-state index in [0.717, 1.165) is 0 Å². The number of carbonyl (C=O) groups excluding carboxylic acids is 1. The lowest BCUT2D eigenvalue weighted by Gasteiger charge is -2.15. The highest BCUT2D eigenvalue weighted by Crippen LogP contribution is 2.10. The van der Waals surface area contributed by atoms with Crippen molar-refractivity contribution in [3.8, 4) is 0 Å². The maximum atomic E-state index is 10.7. The van der Waals surface area contributed by atoms with E-state index in [9.17, 15) is 9.59 Å². The Labute approximate surface area is 63.5 Å². The third kappa shape index (κ3) is 2.41. The van der Waals surface area contributed by atoms with E-state index >= 15 is 0 Å². The van der Waals surface area contributed by atoms with Gasteiger partial charge in [0.1, 0.15) is 6.10 Å². The largest absolute Gasteiger partial charge is 0.497 e. The molecular formula is C7H8O4. The van der Waals surface area contributed by atoms with Gasteiger partial charge in [-0.2, -0.15) is 0 Å². The van der Waals surface area contributed by atoms with E-state index in [1.54, 1.807) is 0 Å². The summed E-state index contributed by atoms with van der Waals surface area (Å²) < 4.78 is 4.88. The zero-order valence-electron chi connectivity index (χ0n) is 5.82. The second-order valence-corrected chi connectivity index (χ2v) is 2.33. The Morgan fingerprint density at radius 1 is 1.82 bits per heavy atom. The summed E-state index contributed by atoms with van der Waals surface area (Å²) in [5.41, 5.74) is 0. The van der Waals surface area contributed by atoms with Crippen molar-refractivity contribution in [2.45, 2.75) is 18.9 Å². The fraction of sp³-hybridized carbons (Fsp3) is 0.429. The Morgan fingerprint density at radius 2 is 2.55 bits per heavy atom.